The Labute approximate surface area is 111 Å². The molecule has 106 valence electrons. The van der Waals surface area contributed by atoms with Crippen LogP contribution in [-0.2, 0) is 11.2 Å². The van der Waals surface area contributed by atoms with E-state index in [0.717, 1.165) is 6.42 Å². The van der Waals surface area contributed by atoms with Gasteiger partial charge < -0.3 is 10.4 Å². The molecule has 0 aliphatic rings. The molecule has 3 N–H and O–H groups in total. The topological polar surface area (TPSA) is 108 Å². The summed E-state index contributed by atoms with van der Waals surface area (Å²) in [6.45, 7) is 5.64. The summed E-state index contributed by atoms with van der Waals surface area (Å²) in [4.78, 5) is 27.0. The van der Waals surface area contributed by atoms with Crippen molar-refractivity contribution in [3.05, 3.63) is 11.6 Å². The Bertz CT molecular complexity index is 444. The van der Waals surface area contributed by atoms with Crippen LogP contribution in [0.25, 0.3) is 0 Å². The number of hydrogen-bond donors (Lipinski definition) is 3. The van der Waals surface area contributed by atoms with Crippen molar-refractivity contribution < 1.29 is 14.7 Å². The van der Waals surface area contributed by atoms with Gasteiger partial charge in [-0.1, -0.05) is 27.2 Å². The van der Waals surface area contributed by atoms with Crippen molar-refractivity contribution in [2.45, 2.75) is 46.1 Å². The summed E-state index contributed by atoms with van der Waals surface area (Å²) in [7, 11) is 0. The van der Waals surface area contributed by atoms with Crippen LogP contribution in [0, 0.1) is 5.92 Å². The maximum atomic E-state index is 11.9. The first-order valence-electron chi connectivity index (χ1n) is 6.44. The number of aromatic amines is 1. The van der Waals surface area contributed by atoms with Gasteiger partial charge in [0.25, 0.3) is 5.91 Å². The first kappa shape index (κ1) is 15.1. The van der Waals surface area contributed by atoms with Crippen molar-refractivity contribution in [3.8, 4) is 0 Å². The molecule has 7 nitrogen and oxygen atoms in total. The average Bonchev–Trinajstić information content (AvgIpc) is 2.83. The van der Waals surface area contributed by atoms with Crippen molar-refractivity contribution in [3.63, 3.8) is 0 Å². The van der Waals surface area contributed by atoms with Crippen LogP contribution in [0.4, 0.5) is 0 Å². The molecule has 0 aliphatic heterocycles. The number of amides is 1. The van der Waals surface area contributed by atoms with Gasteiger partial charge in [0.1, 0.15) is 11.9 Å². The summed E-state index contributed by atoms with van der Waals surface area (Å²) in [5.41, 5.74) is 0. The molecule has 0 saturated heterocycles. The van der Waals surface area contributed by atoms with E-state index in [-0.39, 0.29) is 11.7 Å². The van der Waals surface area contributed by atoms with Crippen LogP contribution in [0.2, 0.25) is 0 Å². The highest BCUT2D eigenvalue weighted by Gasteiger charge is 2.27. The molecule has 1 heterocycles. The van der Waals surface area contributed by atoms with E-state index < -0.39 is 17.9 Å². The zero-order valence-electron chi connectivity index (χ0n) is 11.4. The second kappa shape index (κ2) is 6.86. The number of hydrogen-bond acceptors (Lipinski definition) is 4. The van der Waals surface area contributed by atoms with Crippen LogP contribution in [-0.4, -0.2) is 38.2 Å². The van der Waals surface area contributed by atoms with E-state index in [1.165, 1.54) is 0 Å². The predicted octanol–water partition coefficient (Wildman–Crippen LogP) is 0.986. The van der Waals surface area contributed by atoms with Crippen molar-refractivity contribution >= 4 is 11.9 Å². The Kier molecular flexibility index (Phi) is 5.47. The van der Waals surface area contributed by atoms with Crippen molar-refractivity contribution in [2.75, 3.05) is 0 Å². The number of aliphatic carboxylic acids is 1. The summed E-state index contributed by atoms with van der Waals surface area (Å²) in [6, 6.07) is -0.925. The summed E-state index contributed by atoms with van der Waals surface area (Å²) in [5, 5.41) is 18.0. The second-order valence-electron chi connectivity index (χ2n) is 4.53. The maximum Gasteiger partial charge on any atom is 0.326 e. The van der Waals surface area contributed by atoms with Gasteiger partial charge in [-0.3, -0.25) is 9.89 Å². The normalized spacial score (nSPS) is 13.8. The Morgan fingerprint density at radius 1 is 1.42 bits per heavy atom. The molecular weight excluding hydrogens is 248 g/mol. The first-order valence-corrected chi connectivity index (χ1v) is 6.44. The monoisotopic (exact) mass is 268 g/mol. The third-order valence-electron chi connectivity index (χ3n) is 2.99. The van der Waals surface area contributed by atoms with Crippen LogP contribution in [0.15, 0.2) is 0 Å². The summed E-state index contributed by atoms with van der Waals surface area (Å²) >= 11 is 0. The van der Waals surface area contributed by atoms with Crippen molar-refractivity contribution in [1.29, 1.82) is 0 Å². The molecule has 1 aromatic heterocycles. The van der Waals surface area contributed by atoms with Gasteiger partial charge in [0.2, 0.25) is 5.82 Å². The fourth-order valence-corrected chi connectivity index (χ4v) is 1.63. The minimum Gasteiger partial charge on any atom is -0.480 e. The summed E-state index contributed by atoms with van der Waals surface area (Å²) in [5.74, 6) is -1.16. The fourth-order valence-electron chi connectivity index (χ4n) is 1.63. The average molecular weight is 268 g/mol. The van der Waals surface area contributed by atoms with Gasteiger partial charge in [-0.2, -0.15) is 0 Å². The summed E-state index contributed by atoms with van der Waals surface area (Å²) in [6.07, 6.45) is 2.25. The number of carbonyl (C=O) groups excluding carboxylic acids is 1. The second-order valence-corrected chi connectivity index (χ2v) is 4.53. The number of carboxylic acids is 1. The molecule has 0 bridgehead atoms. The Hall–Kier alpha value is -1.92. The highest BCUT2D eigenvalue weighted by molar-refractivity contribution is 5.93. The number of aryl methyl sites for hydroxylation is 1. The molecule has 0 aliphatic carbocycles. The van der Waals surface area contributed by atoms with Crippen LogP contribution in [0.3, 0.4) is 0 Å². The molecule has 1 rings (SSSR count). The van der Waals surface area contributed by atoms with E-state index in [0.29, 0.717) is 18.7 Å². The van der Waals surface area contributed by atoms with Gasteiger partial charge >= 0.3 is 5.97 Å². The van der Waals surface area contributed by atoms with Crippen LogP contribution in [0.5, 0.6) is 0 Å². The van der Waals surface area contributed by atoms with Crippen molar-refractivity contribution in [2.24, 2.45) is 5.92 Å². The number of carboxylic acid groups (broad SMARTS) is 1. The number of H-pyrrole nitrogens is 1. The third-order valence-corrected chi connectivity index (χ3v) is 2.99. The molecular formula is C12H20N4O3. The van der Waals surface area contributed by atoms with E-state index in [2.05, 4.69) is 20.5 Å². The molecule has 0 unspecified atom stereocenters. The fraction of sp³-hybridized carbons (Fsp3) is 0.667. The molecule has 1 aromatic rings. The smallest absolute Gasteiger partial charge is 0.326 e. The molecule has 7 heteroatoms. The Morgan fingerprint density at radius 3 is 2.63 bits per heavy atom. The number of aromatic nitrogens is 3. The van der Waals surface area contributed by atoms with Gasteiger partial charge in [0, 0.05) is 6.42 Å². The highest BCUT2D eigenvalue weighted by Crippen LogP contribution is 2.08. The molecule has 0 spiro atoms. The Balaban J connectivity index is 2.73. The minimum atomic E-state index is -1.05. The molecule has 0 radical (unpaired) electrons. The SMILES string of the molecule is CCCc1nc(C(=O)N[C@H](C(=O)O)[C@@H](C)CC)n[nH]1. The van der Waals surface area contributed by atoms with Gasteiger partial charge in [-0.25, -0.2) is 9.78 Å². The lowest BCUT2D eigenvalue weighted by Gasteiger charge is -2.19. The number of nitrogens with zero attached hydrogens (tertiary/aromatic N) is 2. The van der Waals surface area contributed by atoms with E-state index in [1.807, 2.05) is 13.8 Å². The lowest BCUT2D eigenvalue weighted by molar-refractivity contribution is -0.140. The van der Waals surface area contributed by atoms with E-state index in [4.69, 9.17) is 5.11 Å². The Morgan fingerprint density at radius 2 is 2.11 bits per heavy atom. The van der Waals surface area contributed by atoms with Crippen LogP contribution < -0.4 is 5.32 Å². The van der Waals surface area contributed by atoms with Crippen LogP contribution in [0.1, 0.15) is 50.1 Å². The van der Waals surface area contributed by atoms with E-state index >= 15 is 0 Å². The van der Waals surface area contributed by atoms with Crippen LogP contribution >= 0.6 is 0 Å². The van der Waals surface area contributed by atoms with Gasteiger partial charge in [-0.15, -0.1) is 5.10 Å². The zero-order valence-corrected chi connectivity index (χ0v) is 11.4. The molecule has 1 amide bonds. The number of rotatable bonds is 7. The maximum absolute atomic E-state index is 11.9. The minimum absolute atomic E-state index is 0.0157. The molecule has 0 fully saturated rings. The van der Waals surface area contributed by atoms with Gasteiger partial charge in [0.05, 0.1) is 0 Å². The largest absolute Gasteiger partial charge is 0.480 e. The standard InChI is InChI=1S/C12H20N4O3/c1-4-6-8-13-10(16-15-8)11(17)14-9(12(18)19)7(3)5-2/h7,9H,4-6H2,1-3H3,(H,14,17)(H,18,19)(H,13,15,16)/t7-,9-/m0/s1. The number of carbonyl (C=O) groups is 2. The molecule has 2 atom stereocenters. The summed E-state index contributed by atoms with van der Waals surface area (Å²) < 4.78 is 0. The van der Waals surface area contributed by atoms with Gasteiger partial charge in [-0.05, 0) is 12.3 Å². The predicted molar refractivity (Wildman–Crippen MR) is 68.7 cm³/mol. The number of nitrogens with one attached hydrogen (secondary N) is 2. The molecule has 0 saturated carbocycles. The van der Waals surface area contributed by atoms with Crippen molar-refractivity contribution in [1.82, 2.24) is 20.5 Å². The lowest BCUT2D eigenvalue weighted by atomic mass is 9.99. The highest BCUT2D eigenvalue weighted by atomic mass is 16.4. The quantitative estimate of drug-likeness (QED) is 0.683. The first-order chi connectivity index (χ1) is 8.99. The zero-order chi connectivity index (χ0) is 14.4. The third kappa shape index (κ3) is 4.04. The lowest BCUT2D eigenvalue weighted by Crippen LogP contribution is -2.45. The van der Waals surface area contributed by atoms with E-state index in [1.54, 1.807) is 6.92 Å². The van der Waals surface area contributed by atoms with Gasteiger partial charge in [0.15, 0.2) is 0 Å². The van der Waals surface area contributed by atoms with E-state index in [9.17, 15) is 9.59 Å². The molecule has 0 aromatic carbocycles. The molecule has 19 heavy (non-hydrogen) atoms.